The molecule has 0 aliphatic carbocycles. The molecule has 0 rings (SSSR count). The van der Waals surface area contributed by atoms with E-state index in [0.717, 1.165) is 96.3 Å². The van der Waals surface area contributed by atoms with Gasteiger partial charge in [-0.1, -0.05) is 291 Å². The van der Waals surface area contributed by atoms with E-state index in [1.54, 1.807) is 6.08 Å². The third-order valence-corrected chi connectivity index (χ3v) is 13.4. The second-order valence-corrected chi connectivity index (χ2v) is 20.6. The average Bonchev–Trinajstić information content (AvgIpc) is 3.40. The van der Waals surface area contributed by atoms with Crippen molar-refractivity contribution in [2.24, 2.45) is 0 Å². The normalized spacial score (nSPS) is 12.7. The van der Waals surface area contributed by atoms with Gasteiger partial charge in [-0.05, 0) is 83.5 Å². The lowest BCUT2D eigenvalue weighted by Crippen LogP contribution is -2.30. The van der Waals surface area contributed by atoms with Crippen LogP contribution in [0.2, 0.25) is 0 Å². The van der Waals surface area contributed by atoms with Gasteiger partial charge in [0.1, 0.15) is 13.2 Å². The maximum Gasteiger partial charge on any atom is 0.309 e. The van der Waals surface area contributed by atoms with Crippen LogP contribution in [0.25, 0.3) is 0 Å². The van der Waals surface area contributed by atoms with Gasteiger partial charge in [0, 0.05) is 12.8 Å². The van der Waals surface area contributed by atoms with Crippen LogP contribution in [0.1, 0.15) is 297 Å². The SMILES string of the molecule is CC/C=C\C/C=C\C/C=C\C/C=C\C/C=C\CC(=O)OCC(COC(=O)CCCCCCCCCCCCCCCCCCCCCCCC)OC(=O)CCCCCCCC/C=C\C/C=C\C/C=C\CCCCC. The van der Waals surface area contributed by atoms with Crippen LogP contribution in [0.15, 0.2) is 97.2 Å². The van der Waals surface area contributed by atoms with Gasteiger partial charge in [-0.3, -0.25) is 14.4 Å². The first-order valence-corrected chi connectivity index (χ1v) is 31.2. The van der Waals surface area contributed by atoms with Gasteiger partial charge >= 0.3 is 17.9 Å². The third-order valence-electron chi connectivity index (χ3n) is 13.4. The van der Waals surface area contributed by atoms with Crippen LogP contribution in [0, 0.1) is 0 Å². The maximum atomic E-state index is 12.9. The molecule has 74 heavy (non-hydrogen) atoms. The minimum absolute atomic E-state index is 0.111. The minimum Gasteiger partial charge on any atom is -0.462 e. The summed E-state index contributed by atoms with van der Waals surface area (Å²) in [4.78, 5) is 38.2. The summed E-state index contributed by atoms with van der Waals surface area (Å²) in [7, 11) is 0. The highest BCUT2D eigenvalue weighted by Gasteiger charge is 2.19. The number of carbonyl (C=O) groups excluding carboxylic acids is 3. The Morgan fingerprint density at radius 1 is 0.297 bits per heavy atom. The standard InChI is InChI=1S/C68H116O6/c1-4-7-10-13-16-19-22-25-28-30-32-33-34-36-37-40-43-46-49-52-55-58-61-67(70)73-64-65(63-72-66(69)60-57-54-51-48-45-42-39-27-24-21-18-15-12-9-6-3)74-68(71)62-59-56-53-50-47-44-41-38-35-31-29-26-23-20-17-14-11-8-5-2/h9,12,17-18,20-21,26-27,29,35,38-39,45,48,54,57,65H,4-8,10-11,13-16,19,22-25,28,30-34,36-37,40-44,46-47,49-53,55-56,58-64H2,1-3H3/b12-9-,20-17-,21-18-,29-26-,38-35-,39-27-,48-45-,57-54-. The number of unbranched alkanes of at least 4 members (excludes halogenated alkanes) is 30. The van der Waals surface area contributed by atoms with Gasteiger partial charge in [-0.25, -0.2) is 0 Å². The number of esters is 3. The van der Waals surface area contributed by atoms with Crippen molar-refractivity contribution in [1.29, 1.82) is 0 Å². The quantitative estimate of drug-likeness (QED) is 0.0261. The molecule has 0 aromatic heterocycles. The molecule has 0 aromatic carbocycles. The fourth-order valence-corrected chi connectivity index (χ4v) is 8.70. The number of ether oxygens (including phenoxy) is 3. The molecule has 0 spiro atoms. The van der Waals surface area contributed by atoms with E-state index in [-0.39, 0.29) is 31.6 Å². The van der Waals surface area contributed by atoms with Crippen LogP contribution in [0.4, 0.5) is 0 Å². The van der Waals surface area contributed by atoms with Crippen molar-refractivity contribution < 1.29 is 28.6 Å². The Hall–Kier alpha value is -3.67. The van der Waals surface area contributed by atoms with Crippen molar-refractivity contribution >= 4 is 17.9 Å². The summed E-state index contributed by atoms with van der Waals surface area (Å²) in [5.74, 6) is -1.05. The Morgan fingerprint density at radius 3 is 0.973 bits per heavy atom. The van der Waals surface area contributed by atoms with Gasteiger partial charge < -0.3 is 14.2 Å². The first-order valence-electron chi connectivity index (χ1n) is 31.2. The zero-order valence-corrected chi connectivity index (χ0v) is 48.6. The number of rotatable bonds is 56. The van der Waals surface area contributed by atoms with Crippen LogP contribution in [-0.2, 0) is 28.6 Å². The van der Waals surface area contributed by atoms with E-state index in [1.165, 1.54) is 161 Å². The lowest BCUT2D eigenvalue weighted by molar-refractivity contribution is -0.166. The summed E-state index contributed by atoms with van der Waals surface area (Å²) >= 11 is 0. The second kappa shape index (κ2) is 61.9. The highest BCUT2D eigenvalue weighted by Crippen LogP contribution is 2.17. The molecule has 0 saturated heterocycles. The Kier molecular flexibility index (Phi) is 58.8. The first-order chi connectivity index (χ1) is 36.5. The van der Waals surface area contributed by atoms with Gasteiger partial charge in [0.25, 0.3) is 0 Å². The van der Waals surface area contributed by atoms with E-state index in [9.17, 15) is 14.4 Å². The number of carbonyl (C=O) groups is 3. The van der Waals surface area contributed by atoms with Crippen molar-refractivity contribution in [2.75, 3.05) is 13.2 Å². The van der Waals surface area contributed by atoms with E-state index < -0.39 is 12.1 Å². The lowest BCUT2D eigenvalue weighted by Gasteiger charge is -2.18. The molecular weight excluding hydrogens is 913 g/mol. The van der Waals surface area contributed by atoms with Crippen molar-refractivity contribution in [3.05, 3.63) is 97.2 Å². The molecule has 0 heterocycles. The molecule has 0 aromatic rings. The summed E-state index contributed by atoms with van der Waals surface area (Å²) in [6.45, 7) is 6.43. The van der Waals surface area contributed by atoms with Crippen molar-refractivity contribution in [2.45, 2.75) is 303 Å². The molecule has 0 radical (unpaired) electrons. The van der Waals surface area contributed by atoms with Gasteiger partial charge in [0.2, 0.25) is 0 Å². The molecular formula is C68H116O6. The molecule has 0 bridgehead atoms. The monoisotopic (exact) mass is 1030 g/mol. The summed E-state index contributed by atoms with van der Waals surface area (Å²) in [5.41, 5.74) is 0. The molecule has 1 unspecified atom stereocenters. The fraction of sp³-hybridized carbons (Fsp3) is 0.721. The number of hydrogen-bond acceptors (Lipinski definition) is 6. The molecule has 0 saturated carbocycles. The predicted molar refractivity (Wildman–Crippen MR) is 320 cm³/mol. The number of allylic oxidation sites excluding steroid dienone is 15. The Balaban J connectivity index is 4.43. The minimum atomic E-state index is -0.825. The maximum absolute atomic E-state index is 12.9. The summed E-state index contributed by atoms with van der Waals surface area (Å²) in [6.07, 6.45) is 82.9. The zero-order valence-electron chi connectivity index (χ0n) is 48.6. The third kappa shape index (κ3) is 59.2. The summed E-state index contributed by atoms with van der Waals surface area (Å²) in [6, 6.07) is 0. The van der Waals surface area contributed by atoms with Crippen LogP contribution >= 0.6 is 0 Å². The molecule has 0 aliphatic heterocycles. The van der Waals surface area contributed by atoms with E-state index in [2.05, 4.69) is 106 Å². The van der Waals surface area contributed by atoms with E-state index in [0.29, 0.717) is 12.8 Å². The van der Waals surface area contributed by atoms with E-state index >= 15 is 0 Å². The topological polar surface area (TPSA) is 78.9 Å². The Labute approximate surface area is 457 Å². The Bertz CT molecular complexity index is 1460. The molecule has 0 fully saturated rings. The first kappa shape index (κ1) is 70.3. The van der Waals surface area contributed by atoms with E-state index in [4.69, 9.17) is 14.2 Å². The van der Waals surface area contributed by atoms with Crippen molar-refractivity contribution in [3.63, 3.8) is 0 Å². The van der Waals surface area contributed by atoms with Crippen LogP contribution in [0.3, 0.4) is 0 Å². The lowest BCUT2D eigenvalue weighted by atomic mass is 10.0. The van der Waals surface area contributed by atoms with Crippen LogP contribution < -0.4 is 0 Å². The highest BCUT2D eigenvalue weighted by molar-refractivity contribution is 5.72. The van der Waals surface area contributed by atoms with E-state index in [1.807, 2.05) is 6.08 Å². The summed E-state index contributed by atoms with van der Waals surface area (Å²) in [5, 5.41) is 0. The van der Waals surface area contributed by atoms with Crippen molar-refractivity contribution in [1.82, 2.24) is 0 Å². The van der Waals surface area contributed by atoms with Gasteiger partial charge in [0.15, 0.2) is 6.10 Å². The molecule has 6 heteroatoms. The number of hydrogen-bond donors (Lipinski definition) is 0. The second-order valence-electron chi connectivity index (χ2n) is 20.6. The average molecular weight is 1030 g/mol. The molecule has 0 amide bonds. The largest absolute Gasteiger partial charge is 0.462 e. The van der Waals surface area contributed by atoms with Crippen molar-refractivity contribution in [3.8, 4) is 0 Å². The molecule has 6 nitrogen and oxygen atoms in total. The van der Waals surface area contributed by atoms with Crippen LogP contribution in [0.5, 0.6) is 0 Å². The molecule has 0 aliphatic rings. The predicted octanol–water partition coefficient (Wildman–Crippen LogP) is 21.3. The summed E-state index contributed by atoms with van der Waals surface area (Å²) < 4.78 is 16.8. The smallest absolute Gasteiger partial charge is 0.309 e. The van der Waals surface area contributed by atoms with Gasteiger partial charge in [0.05, 0.1) is 6.42 Å². The van der Waals surface area contributed by atoms with Gasteiger partial charge in [-0.2, -0.15) is 0 Å². The molecule has 0 N–H and O–H groups in total. The highest BCUT2D eigenvalue weighted by atomic mass is 16.6. The zero-order chi connectivity index (χ0) is 53.6. The molecule has 424 valence electrons. The van der Waals surface area contributed by atoms with Gasteiger partial charge in [-0.15, -0.1) is 0 Å². The molecule has 1 atom stereocenters. The van der Waals surface area contributed by atoms with Crippen LogP contribution in [-0.4, -0.2) is 37.2 Å². The fourth-order valence-electron chi connectivity index (χ4n) is 8.70. The Morgan fingerprint density at radius 2 is 0.581 bits per heavy atom.